The zero-order valence-electron chi connectivity index (χ0n) is 9.34. The summed E-state index contributed by atoms with van der Waals surface area (Å²) in [6.07, 6.45) is 0.831. The highest BCUT2D eigenvalue weighted by Gasteiger charge is 2.12. The fourth-order valence-electron chi connectivity index (χ4n) is 1.69. The Balaban J connectivity index is 2.18. The first-order chi connectivity index (χ1) is 8.56. The summed E-state index contributed by atoms with van der Waals surface area (Å²) in [6.45, 7) is 0. The second kappa shape index (κ2) is 6.29. The van der Waals surface area contributed by atoms with Crippen molar-refractivity contribution >= 4 is 50.7 Å². The molecule has 2 aromatic carbocycles. The molecule has 0 saturated carbocycles. The summed E-state index contributed by atoms with van der Waals surface area (Å²) in [5, 5.41) is 2.15. The van der Waals surface area contributed by atoms with Crippen LogP contribution in [-0.4, -0.2) is 0 Å². The molecule has 0 N–H and O–H groups in total. The monoisotopic (exact) mass is 362 g/mol. The van der Waals surface area contributed by atoms with Crippen LogP contribution in [-0.2, 0) is 6.42 Å². The molecule has 2 rings (SSSR count). The molecule has 0 aliphatic heterocycles. The summed E-state index contributed by atoms with van der Waals surface area (Å²) in [6, 6.07) is 13.3. The van der Waals surface area contributed by atoms with Crippen molar-refractivity contribution in [1.29, 1.82) is 0 Å². The molecule has 4 heteroatoms. The van der Waals surface area contributed by atoms with E-state index in [4.69, 9.17) is 34.8 Å². The van der Waals surface area contributed by atoms with Crippen LogP contribution >= 0.6 is 50.7 Å². The van der Waals surface area contributed by atoms with Crippen LogP contribution in [0.4, 0.5) is 0 Å². The summed E-state index contributed by atoms with van der Waals surface area (Å²) in [7, 11) is 0. The van der Waals surface area contributed by atoms with E-state index in [-0.39, 0.29) is 4.83 Å². The van der Waals surface area contributed by atoms with Gasteiger partial charge in [0.1, 0.15) is 0 Å². The van der Waals surface area contributed by atoms with E-state index in [1.165, 1.54) is 5.56 Å². The fraction of sp³-hybridized carbons (Fsp3) is 0.143. The van der Waals surface area contributed by atoms with Crippen LogP contribution in [0, 0.1) is 0 Å². The Morgan fingerprint density at radius 1 is 0.889 bits per heavy atom. The number of hydrogen-bond acceptors (Lipinski definition) is 0. The van der Waals surface area contributed by atoms with Gasteiger partial charge in [0.05, 0.1) is 0 Å². The minimum Gasteiger partial charge on any atom is -0.0843 e. The maximum absolute atomic E-state index is 6.17. The number of halogens is 4. The fourth-order valence-corrected chi connectivity index (χ4v) is 3.13. The second-order valence-corrected chi connectivity index (χ2v) is 6.35. The first kappa shape index (κ1) is 14.2. The Morgan fingerprint density at radius 2 is 1.50 bits per heavy atom. The predicted molar refractivity (Wildman–Crippen MR) is 83.3 cm³/mol. The lowest BCUT2D eigenvalue weighted by Crippen LogP contribution is -1.96. The maximum Gasteiger partial charge on any atom is 0.0450 e. The Hall–Kier alpha value is -0.210. The zero-order valence-corrected chi connectivity index (χ0v) is 13.2. The topological polar surface area (TPSA) is 0 Å². The lowest BCUT2D eigenvalue weighted by Gasteiger charge is -2.12. The molecule has 18 heavy (non-hydrogen) atoms. The van der Waals surface area contributed by atoms with E-state index >= 15 is 0 Å². The summed E-state index contributed by atoms with van der Waals surface area (Å²) < 4.78 is 0. The largest absolute Gasteiger partial charge is 0.0843 e. The van der Waals surface area contributed by atoms with Crippen LogP contribution in [0.3, 0.4) is 0 Å². The van der Waals surface area contributed by atoms with Crippen molar-refractivity contribution in [2.45, 2.75) is 11.2 Å². The third kappa shape index (κ3) is 3.64. The molecule has 0 radical (unpaired) electrons. The first-order valence-electron chi connectivity index (χ1n) is 5.40. The highest BCUT2D eigenvalue weighted by Crippen LogP contribution is 2.34. The van der Waals surface area contributed by atoms with Crippen LogP contribution in [0.1, 0.15) is 16.0 Å². The first-order valence-corrected chi connectivity index (χ1v) is 7.44. The van der Waals surface area contributed by atoms with Gasteiger partial charge in [-0.2, -0.15) is 0 Å². The van der Waals surface area contributed by atoms with Crippen molar-refractivity contribution in [3.8, 4) is 0 Å². The number of hydrogen-bond donors (Lipinski definition) is 0. The molecule has 94 valence electrons. The Bertz CT molecular complexity index is 537. The minimum absolute atomic E-state index is 0.130. The zero-order chi connectivity index (χ0) is 13.1. The smallest absolute Gasteiger partial charge is 0.0450 e. The van der Waals surface area contributed by atoms with Gasteiger partial charge in [0.15, 0.2) is 0 Å². The number of benzene rings is 2. The molecule has 0 nitrogen and oxygen atoms in total. The molecule has 2 aromatic rings. The number of alkyl halides is 1. The summed E-state index contributed by atoms with van der Waals surface area (Å²) in [5.74, 6) is 0. The lowest BCUT2D eigenvalue weighted by molar-refractivity contribution is 0.949. The van der Waals surface area contributed by atoms with Crippen LogP contribution in [0.15, 0.2) is 42.5 Å². The summed E-state index contributed by atoms with van der Waals surface area (Å²) in [5.41, 5.74) is 2.19. The van der Waals surface area contributed by atoms with E-state index in [0.29, 0.717) is 5.02 Å². The van der Waals surface area contributed by atoms with Gasteiger partial charge in [-0.25, -0.2) is 0 Å². The van der Waals surface area contributed by atoms with E-state index in [2.05, 4.69) is 15.9 Å². The standard InChI is InChI=1S/C14H10BrCl3/c15-13(7-9-1-3-10(16)4-2-9)12-8-11(17)5-6-14(12)18/h1-6,8,13H,7H2. The number of rotatable bonds is 3. The third-order valence-corrected chi connectivity index (χ3v) is 4.27. The van der Waals surface area contributed by atoms with Crippen LogP contribution in [0.25, 0.3) is 0 Å². The van der Waals surface area contributed by atoms with Gasteiger partial charge >= 0.3 is 0 Å². The Kier molecular flexibility index (Phi) is 4.97. The van der Waals surface area contributed by atoms with Gasteiger partial charge in [-0.3, -0.25) is 0 Å². The minimum atomic E-state index is 0.130. The van der Waals surface area contributed by atoms with E-state index in [9.17, 15) is 0 Å². The van der Waals surface area contributed by atoms with Gasteiger partial charge in [0, 0.05) is 19.9 Å². The van der Waals surface area contributed by atoms with Crippen molar-refractivity contribution in [1.82, 2.24) is 0 Å². The van der Waals surface area contributed by atoms with Crippen LogP contribution in [0.5, 0.6) is 0 Å². The van der Waals surface area contributed by atoms with Crippen molar-refractivity contribution < 1.29 is 0 Å². The van der Waals surface area contributed by atoms with Crippen molar-refractivity contribution in [2.75, 3.05) is 0 Å². The highest BCUT2D eigenvalue weighted by molar-refractivity contribution is 9.09. The van der Waals surface area contributed by atoms with Gasteiger partial charge in [-0.15, -0.1) is 0 Å². The van der Waals surface area contributed by atoms with Crippen LogP contribution < -0.4 is 0 Å². The van der Waals surface area contributed by atoms with Gasteiger partial charge in [-0.1, -0.05) is 62.9 Å². The highest BCUT2D eigenvalue weighted by atomic mass is 79.9. The molecule has 0 amide bonds. The molecule has 0 bridgehead atoms. The van der Waals surface area contributed by atoms with E-state index < -0.39 is 0 Å². The van der Waals surface area contributed by atoms with E-state index in [1.807, 2.05) is 36.4 Å². The molecular formula is C14H10BrCl3. The summed E-state index contributed by atoms with van der Waals surface area (Å²) >= 11 is 21.7. The lowest BCUT2D eigenvalue weighted by atomic mass is 10.0. The quantitative estimate of drug-likeness (QED) is 0.559. The molecule has 0 aliphatic rings. The average Bonchev–Trinajstić information content (AvgIpc) is 2.35. The predicted octanol–water partition coefficient (Wildman–Crippen LogP) is 6.33. The van der Waals surface area contributed by atoms with Crippen molar-refractivity contribution in [3.63, 3.8) is 0 Å². The van der Waals surface area contributed by atoms with E-state index in [1.54, 1.807) is 6.07 Å². The summed E-state index contributed by atoms with van der Waals surface area (Å²) in [4.78, 5) is 0.130. The maximum atomic E-state index is 6.17. The molecule has 1 unspecified atom stereocenters. The van der Waals surface area contributed by atoms with Gasteiger partial charge in [0.25, 0.3) is 0 Å². The SMILES string of the molecule is Clc1ccc(CC(Br)c2cc(Cl)ccc2Cl)cc1. The molecule has 0 fully saturated rings. The van der Waals surface area contributed by atoms with Gasteiger partial charge in [0.2, 0.25) is 0 Å². The molecule has 0 saturated heterocycles. The van der Waals surface area contributed by atoms with Gasteiger partial charge in [-0.05, 0) is 47.9 Å². The average molecular weight is 364 g/mol. The molecule has 0 aromatic heterocycles. The van der Waals surface area contributed by atoms with E-state index in [0.717, 1.165) is 22.0 Å². The molecule has 0 spiro atoms. The van der Waals surface area contributed by atoms with Gasteiger partial charge < -0.3 is 0 Å². The third-order valence-electron chi connectivity index (χ3n) is 2.62. The molecule has 0 aliphatic carbocycles. The Morgan fingerprint density at radius 3 is 2.17 bits per heavy atom. The molecular weight excluding hydrogens is 354 g/mol. The Labute approximate surface area is 130 Å². The normalized spacial score (nSPS) is 12.4. The van der Waals surface area contributed by atoms with Crippen molar-refractivity contribution in [3.05, 3.63) is 68.7 Å². The molecule has 1 atom stereocenters. The van der Waals surface area contributed by atoms with Crippen LogP contribution in [0.2, 0.25) is 15.1 Å². The van der Waals surface area contributed by atoms with Crippen molar-refractivity contribution in [2.24, 2.45) is 0 Å². The second-order valence-electron chi connectivity index (χ2n) is 3.96. The molecule has 0 heterocycles.